The van der Waals surface area contributed by atoms with E-state index >= 15 is 0 Å². The zero-order chi connectivity index (χ0) is 13.2. The summed E-state index contributed by atoms with van der Waals surface area (Å²) >= 11 is 0. The van der Waals surface area contributed by atoms with Crippen LogP contribution in [0.3, 0.4) is 0 Å². The van der Waals surface area contributed by atoms with Crippen molar-refractivity contribution < 1.29 is 0 Å². The van der Waals surface area contributed by atoms with Crippen LogP contribution in [-0.2, 0) is 0 Å². The average Bonchev–Trinajstić information content (AvgIpc) is 2.71. The maximum Gasteiger partial charge on any atom is 0.0108 e. The van der Waals surface area contributed by atoms with Crippen molar-refractivity contribution in [1.82, 2.24) is 9.80 Å². The molecule has 0 aromatic rings. The highest BCUT2D eigenvalue weighted by Crippen LogP contribution is 2.37. The summed E-state index contributed by atoms with van der Waals surface area (Å²) in [6.45, 7) is 8.77. The van der Waals surface area contributed by atoms with Gasteiger partial charge in [-0.25, -0.2) is 0 Å². The van der Waals surface area contributed by atoms with Gasteiger partial charge in [-0.1, -0.05) is 13.3 Å². The molecule has 3 nitrogen and oxygen atoms in total. The first-order chi connectivity index (χ1) is 9.28. The van der Waals surface area contributed by atoms with Crippen LogP contribution in [0.4, 0.5) is 0 Å². The van der Waals surface area contributed by atoms with Gasteiger partial charge >= 0.3 is 0 Å². The molecular formula is C16H31N3. The van der Waals surface area contributed by atoms with Gasteiger partial charge in [-0.2, -0.15) is 0 Å². The predicted octanol–water partition coefficient (Wildman–Crippen LogP) is 1.92. The van der Waals surface area contributed by atoms with Crippen molar-refractivity contribution in [3.8, 4) is 0 Å². The molecule has 0 aromatic carbocycles. The Morgan fingerprint density at radius 2 is 1.89 bits per heavy atom. The molecule has 0 radical (unpaired) electrons. The van der Waals surface area contributed by atoms with E-state index < -0.39 is 0 Å². The minimum atomic E-state index is 0.488. The van der Waals surface area contributed by atoms with Crippen LogP contribution in [0.5, 0.6) is 0 Å². The van der Waals surface area contributed by atoms with Gasteiger partial charge in [-0.05, 0) is 63.6 Å². The zero-order valence-corrected chi connectivity index (χ0v) is 12.6. The van der Waals surface area contributed by atoms with Gasteiger partial charge in [0.15, 0.2) is 0 Å². The van der Waals surface area contributed by atoms with Crippen LogP contribution < -0.4 is 5.73 Å². The largest absolute Gasteiger partial charge is 0.327 e. The average molecular weight is 265 g/mol. The summed E-state index contributed by atoms with van der Waals surface area (Å²) < 4.78 is 0. The third-order valence-corrected chi connectivity index (χ3v) is 5.94. The summed E-state index contributed by atoms with van der Waals surface area (Å²) in [6, 6.07) is 1.33. The van der Waals surface area contributed by atoms with Crippen molar-refractivity contribution in [2.24, 2.45) is 17.6 Å². The zero-order valence-electron chi connectivity index (χ0n) is 12.6. The van der Waals surface area contributed by atoms with Gasteiger partial charge in [0.1, 0.15) is 0 Å². The minimum absolute atomic E-state index is 0.488. The Kier molecular flexibility index (Phi) is 4.45. The fourth-order valence-corrected chi connectivity index (χ4v) is 4.67. The van der Waals surface area contributed by atoms with E-state index in [9.17, 15) is 0 Å². The lowest BCUT2D eigenvalue weighted by molar-refractivity contribution is 0.205. The second-order valence-electron chi connectivity index (χ2n) is 6.99. The molecule has 3 rings (SSSR count). The van der Waals surface area contributed by atoms with Gasteiger partial charge in [0.05, 0.1) is 0 Å². The molecule has 3 aliphatic rings. The summed E-state index contributed by atoms with van der Waals surface area (Å²) in [5.41, 5.74) is 6.35. The Balaban J connectivity index is 1.58. The van der Waals surface area contributed by atoms with E-state index in [-0.39, 0.29) is 0 Å². The van der Waals surface area contributed by atoms with Crippen LogP contribution in [0.2, 0.25) is 0 Å². The van der Waals surface area contributed by atoms with Crippen LogP contribution in [0, 0.1) is 11.8 Å². The first-order valence-electron chi connectivity index (χ1n) is 8.50. The molecule has 0 bridgehead atoms. The number of nitrogens with zero attached hydrogens (tertiary/aromatic N) is 2. The molecule has 19 heavy (non-hydrogen) atoms. The van der Waals surface area contributed by atoms with Crippen molar-refractivity contribution >= 4 is 0 Å². The Morgan fingerprint density at radius 3 is 2.68 bits per heavy atom. The molecule has 110 valence electrons. The van der Waals surface area contributed by atoms with E-state index in [0.717, 1.165) is 17.9 Å². The second kappa shape index (κ2) is 6.11. The molecule has 2 heterocycles. The molecule has 2 N–H and O–H groups in total. The van der Waals surface area contributed by atoms with Crippen molar-refractivity contribution in [1.29, 1.82) is 0 Å². The Hall–Kier alpha value is -0.120. The first kappa shape index (κ1) is 13.8. The number of nitrogens with two attached hydrogens (primary N) is 1. The molecular weight excluding hydrogens is 234 g/mol. The van der Waals surface area contributed by atoms with Crippen molar-refractivity contribution in [3.05, 3.63) is 0 Å². The Labute approximate surface area is 118 Å². The molecule has 3 fully saturated rings. The summed E-state index contributed by atoms with van der Waals surface area (Å²) in [5, 5.41) is 0. The van der Waals surface area contributed by atoms with Gasteiger partial charge < -0.3 is 10.6 Å². The SMILES string of the molecule is CCN1CCCC(N2CC3CCCC(N)C3C2)CC1. The lowest BCUT2D eigenvalue weighted by Gasteiger charge is -2.30. The molecule has 0 spiro atoms. The van der Waals surface area contributed by atoms with E-state index in [1.807, 2.05) is 0 Å². The topological polar surface area (TPSA) is 32.5 Å². The third kappa shape index (κ3) is 2.98. The monoisotopic (exact) mass is 265 g/mol. The summed E-state index contributed by atoms with van der Waals surface area (Å²) in [7, 11) is 0. The molecule has 3 heteroatoms. The molecule has 4 unspecified atom stereocenters. The van der Waals surface area contributed by atoms with Gasteiger partial charge in [-0.15, -0.1) is 0 Å². The standard InChI is InChI=1S/C16H31N3/c1-2-18-9-4-6-14(8-10-18)19-11-13-5-3-7-16(17)15(13)12-19/h13-16H,2-12,17H2,1H3. The fraction of sp³-hybridized carbons (Fsp3) is 1.00. The lowest BCUT2D eigenvalue weighted by Crippen LogP contribution is -2.39. The number of hydrogen-bond donors (Lipinski definition) is 1. The van der Waals surface area contributed by atoms with Gasteiger partial charge in [-0.3, -0.25) is 4.90 Å². The molecule has 1 saturated carbocycles. The van der Waals surface area contributed by atoms with E-state index in [1.165, 1.54) is 71.2 Å². The Bertz CT molecular complexity index is 294. The van der Waals surface area contributed by atoms with E-state index in [0.29, 0.717) is 6.04 Å². The van der Waals surface area contributed by atoms with E-state index in [1.54, 1.807) is 0 Å². The maximum atomic E-state index is 6.35. The normalized spacial score (nSPS) is 42.0. The second-order valence-corrected chi connectivity index (χ2v) is 6.99. The van der Waals surface area contributed by atoms with Crippen LogP contribution in [0.1, 0.15) is 45.4 Å². The van der Waals surface area contributed by atoms with E-state index in [4.69, 9.17) is 5.73 Å². The van der Waals surface area contributed by atoms with Crippen molar-refractivity contribution in [2.75, 3.05) is 32.7 Å². The number of hydrogen-bond acceptors (Lipinski definition) is 3. The maximum absolute atomic E-state index is 6.35. The Morgan fingerprint density at radius 1 is 1.00 bits per heavy atom. The molecule has 0 amide bonds. The molecule has 4 atom stereocenters. The van der Waals surface area contributed by atoms with Crippen LogP contribution in [0.15, 0.2) is 0 Å². The number of likely N-dealkylation sites (tertiary alicyclic amines) is 2. The van der Waals surface area contributed by atoms with Gasteiger partial charge in [0.2, 0.25) is 0 Å². The first-order valence-corrected chi connectivity index (χ1v) is 8.50. The molecule has 0 aromatic heterocycles. The van der Waals surface area contributed by atoms with Crippen LogP contribution in [-0.4, -0.2) is 54.6 Å². The summed E-state index contributed by atoms with van der Waals surface area (Å²) in [5.74, 6) is 1.72. The van der Waals surface area contributed by atoms with Crippen molar-refractivity contribution in [2.45, 2.75) is 57.5 Å². The van der Waals surface area contributed by atoms with Crippen molar-refractivity contribution in [3.63, 3.8) is 0 Å². The highest BCUT2D eigenvalue weighted by atomic mass is 15.2. The molecule has 2 aliphatic heterocycles. The van der Waals surface area contributed by atoms with Gasteiger partial charge in [0.25, 0.3) is 0 Å². The number of fused-ring (bicyclic) bond motifs is 1. The fourth-order valence-electron chi connectivity index (χ4n) is 4.67. The highest BCUT2D eigenvalue weighted by Gasteiger charge is 2.40. The van der Waals surface area contributed by atoms with Crippen LogP contribution >= 0.6 is 0 Å². The quantitative estimate of drug-likeness (QED) is 0.828. The van der Waals surface area contributed by atoms with Crippen LogP contribution in [0.25, 0.3) is 0 Å². The minimum Gasteiger partial charge on any atom is -0.327 e. The van der Waals surface area contributed by atoms with Gasteiger partial charge in [0, 0.05) is 25.2 Å². The predicted molar refractivity (Wildman–Crippen MR) is 80.1 cm³/mol. The molecule has 1 aliphatic carbocycles. The smallest absolute Gasteiger partial charge is 0.0108 e. The summed E-state index contributed by atoms with van der Waals surface area (Å²) in [6.07, 6.45) is 8.24. The highest BCUT2D eigenvalue weighted by molar-refractivity contribution is 4.95. The van der Waals surface area contributed by atoms with E-state index in [2.05, 4.69) is 16.7 Å². The lowest BCUT2D eigenvalue weighted by atomic mass is 9.78. The summed E-state index contributed by atoms with van der Waals surface area (Å²) in [4.78, 5) is 5.43. The molecule has 2 saturated heterocycles. The third-order valence-electron chi connectivity index (χ3n) is 5.94. The number of rotatable bonds is 2.